The molecule has 28 heavy (non-hydrogen) atoms. The highest BCUT2D eigenvalue weighted by Crippen LogP contribution is 2.16. The summed E-state index contributed by atoms with van der Waals surface area (Å²) in [6, 6.07) is 5.76. The Bertz CT molecular complexity index is 650. The minimum atomic E-state index is -0.686. The van der Waals surface area contributed by atoms with E-state index in [2.05, 4.69) is 22.5 Å². The smallest absolute Gasteiger partial charge is 0.254 e. The maximum Gasteiger partial charge on any atom is 0.254 e. The molecule has 2 unspecified atom stereocenters. The first-order chi connectivity index (χ1) is 13.4. The number of amides is 2. The van der Waals surface area contributed by atoms with Crippen molar-refractivity contribution in [2.24, 2.45) is 5.92 Å². The van der Waals surface area contributed by atoms with Gasteiger partial charge in [0.05, 0.1) is 5.56 Å². The molecular formula is C22H34FN3O2. The van der Waals surface area contributed by atoms with Crippen molar-refractivity contribution < 1.29 is 14.0 Å². The molecule has 0 aliphatic carbocycles. The molecule has 1 fully saturated rings. The van der Waals surface area contributed by atoms with Crippen LogP contribution in [0.1, 0.15) is 63.2 Å². The lowest BCUT2D eigenvalue weighted by molar-refractivity contribution is -0.123. The van der Waals surface area contributed by atoms with Crippen LogP contribution < -0.4 is 10.6 Å². The fourth-order valence-corrected chi connectivity index (χ4v) is 3.65. The van der Waals surface area contributed by atoms with E-state index in [1.807, 2.05) is 13.8 Å². The van der Waals surface area contributed by atoms with Crippen LogP contribution in [0.3, 0.4) is 0 Å². The van der Waals surface area contributed by atoms with Crippen LogP contribution in [0.25, 0.3) is 0 Å². The number of halogens is 1. The van der Waals surface area contributed by atoms with Crippen LogP contribution in [-0.2, 0) is 4.79 Å². The summed E-state index contributed by atoms with van der Waals surface area (Å²) in [6.07, 6.45) is 5.82. The second-order valence-electron chi connectivity index (χ2n) is 8.05. The van der Waals surface area contributed by atoms with Gasteiger partial charge in [0.25, 0.3) is 5.91 Å². The van der Waals surface area contributed by atoms with E-state index in [1.54, 1.807) is 6.07 Å². The summed E-state index contributed by atoms with van der Waals surface area (Å²) < 4.78 is 13.8. The van der Waals surface area contributed by atoms with E-state index in [4.69, 9.17) is 0 Å². The minimum absolute atomic E-state index is 0.0448. The average Bonchev–Trinajstić information content (AvgIpc) is 2.67. The molecule has 0 radical (unpaired) electrons. The molecule has 1 aromatic rings. The van der Waals surface area contributed by atoms with Gasteiger partial charge in [-0.05, 0) is 63.7 Å². The van der Waals surface area contributed by atoms with Crippen molar-refractivity contribution in [3.8, 4) is 0 Å². The summed E-state index contributed by atoms with van der Waals surface area (Å²) in [7, 11) is 0. The molecule has 156 valence electrons. The molecule has 0 bridgehead atoms. The molecule has 1 aliphatic rings. The number of rotatable bonds is 9. The molecule has 1 aliphatic heterocycles. The molecule has 2 atom stereocenters. The number of nitrogens with one attached hydrogen (secondary N) is 2. The Kier molecular flexibility index (Phi) is 8.90. The number of carbonyl (C=O) groups is 2. The zero-order valence-electron chi connectivity index (χ0n) is 17.3. The van der Waals surface area contributed by atoms with Gasteiger partial charge in [-0.2, -0.15) is 0 Å². The second-order valence-corrected chi connectivity index (χ2v) is 8.05. The molecule has 0 spiro atoms. The summed E-state index contributed by atoms with van der Waals surface area (Å²) in [4.78, 5) is 27.4. The Morgan fingerprint density at radius 2 is 1.96 bits per heavy atom. The van der Waals surface area contributed by atoms with Crippen LogP contribution in [0, 0.1) is 11.7 Å². The third-order valence-electron chi connectivity index (χ3n) is 5.47. The Balaban J connectivity index is 1.76. The second kappa shape index (κ2) is 11.1. The molecule has 0 saturated carbocycles. The van der Waals surface area contributed by atoms with E-state index in [1.165, 1.54) is 44.0 Å². The van der Waals surface area contributed by atoms with Gasteiger partial charge in [-0.25, -0.2) is 4.39 Å². The summed E-state index contributed by atoms with van der Waals surface area (Å²) >= 11 is 0. The average molecular weight is 392 g/mol. The number of hydrogen-bond acceptors (Lipinski definition) is 3. The number of benzene rings is 1. The molecule has 1 heterocycles. The summed E-state index contributed by atoms with van der Waals surface area (Å²) in [5, 5.41) is 5.59. The van der Waals surface area contributed by atoms with Crippen LogP contribution in [0.2, 0.25) is 0 Å². The van der Waals surface area contributed by atoms with Gasteiger partial charge in [0.15, 0.2) is 0 Å². The lowest BCUT2D eigenvalue weighted by atomic mass is 10.0. The summed E-state index contributed by atoms with van der Waals surface area (Å²) in [6.45, 7) is 8.83. The van der Waals surface area contributed by atoms with Gasteiger partial charge in [-0.15, -0.1) is 0 Å². The first-order valence-electron chi connectivity index (χ1n) is 10.5. The van der Waals surface area contributed by atoms with Gasteiger partial charge in [0.2, 0.25) is 5.91 Å². The Morgan fingerprint density at radius 1 is 1.21 bits per heavy atom. The molecule has 2 rings (SSSR count). The lowest BCUT2D eigenvalue weighted by Gasteiger charge is -2.33. The van der Waals surface area contributed by atoms with Gasteiger partial charge in [0.1, 0.15) is 11.9 Å². The number of piperidine rings is 1. The van der Waals surface area contributed by atoms with Crippen molar-refractivity contribution in [1.82, 2.24) is 15.5 Å². The SMILES string of the molecule is CC(C)C(NC(=O)c1ccccc1F)C(=O)NCCCCN1CCCCC1C. The fourth-order valence-electron chi connectivity index (χ4n) is 3.65. The Morgan fingerprint density at radius 3 is 2.64 bits per heavy atom. The van der Waals surface area contributed by atoms with Crippen LogP contribution in [0.15, 0.2) is 24.3 Å². The van der Waals surface area contributed by atoms with Crippen LogP contribution >= 0.6 is 0 Å². The van der Waals surface area contributed by atoms with Crippen molar-refractivity contribution in [2.75, 3.05) is 19.6 Å². The topological polar surface area (TPSA) is 61.4 Å². The van der Waals surface area contributed by atoms with Gasteiger partial charge < -0.3 is 15.5 Å². The summed E-state index contributed by atoms with van der Waals surface area (Å²) in [5.74, 6) is -1.46. The van der Waals surface area contributed by atoms with Gasteiger partial charge in [-0.3, -0.25) is 9.59 Å². The highest BCUT2D eigenvalue weighted by molar-refractivity contribution is 5.97. The normalized spacial score (nSPS) is 18.7. The van der Waals surface area contributed by atoms with Gasteiger partial charge >= 0.3 is 0 Å². The van der Waals surface area contributed by atoms with Crippen molar-refractivity contribution in [3.05, 3.63) is 35.6 Å². The Labute approximate surface area is 168 Å². The molecule has 2 N–H and O–H groups in total. The quantitative estimate of drug-likeness (QED) is 0.635. The van der Waals surface area contributed by atoms with E-state index in [0.717, 1.165) is 19.4 Å². The van der Waals surface area contributed by atoms with Crippen LogP contribution in [-0.4, -0.2) is 48.4 Å². The number of nitrogens with zero attached hydrogens (tertiary/aromatic N) is 1. The van der Waals surface area contributed by atoms with Crippen molar-refractivity contribution in [2.45, 2.75) is 65.0 Å². The fraction of sp³-hybridized carbons (Fsp3) is 0.636. The third kappa shape index (κ3) is 6.59. The van der Waals surface area contributed by atoms with Gasteiger partial charge in [-0.1, -0.05) is 32.4 Å². The molecule has 1 saturated heterocycles. The lowest BCUT2D eigenvalue weighted by Crippen LogP contribution is -2.50. The van der Waals surface area contributed by atoms with E-state index >= 15 is 0 Å². The first kappa shape index (κ1) is 22.3. The molecule has 5 nitrogen and oxygen atoms in total. The number of unbranched alkanes of at least 4 members (excludes halogenated alkanes) is 1. The van der Waals surface area contributed by atoms with E-state index in [0.29, 0.717) is 12.6 Å². The molecular weight excluding hydrogens is 357 g/mol. The zero-order chi connectivity index (χ0) is 20.5. The van der Waals surface area contributed by atoms with E-state index in [9.17, 15) is 14.0 Å². The van der Waals surface area contributed by atoms with Crippen LogP contribution in [0.5, 0.6) is 0 Å². The zero-order valence-corrected chi connectivity index (χ0v) is 17.3. The number of hydrogen-bond donors (Lipinski definition) is 2. The molecule has 6 heteroatoms. The Hall–Kier alpha value is -1.95. The van der Waals surface area contributed by atoms with Crippen LogP contribution in [0.4, 0.5) is 4.39 Å². The van der Waals surface area contributed by atoms with Crippen molar-refractivity contribution in [1.29, 1.82) is 0 Å². The number of carbonyl (C=O) groups excluding carboxylic acids is 2. The predicted molar refractivity (Wildman–Crippen MR) is 110 cm³/mol. The first-order valence-corrected chi connectivity index (χ1v) is 10.5. The monoisotopic (exact) mass is 391 g/mol. The molecule has 2 amide bonds. The van der Waals surface area contributed by atoms with Crippen molar-refractivity contribution >= 4 is 11.8 Å². The maximum absolute atomic E-state index is 13.8. The molecule has 0 aromatic heterocycles. The largest absolute Gasteiger partial charge is 0.354 e. The number of likely N-dealkylation sites (tertiary alicyclic amines) is 1. The van der Waals surface area contributed by atoms with Crippen molar-refractivity contribution in [3.63, 3.8) is 0 Å². The highest BCUT2D eigenvalue weighted by Gasteiger charge is 2.25. The molecule has 1 aromatic carbocycles. The minimum Gasteiger partial charge on any atom is -0.354 e. The maximum atomic E-state index is 13.8. The highest BCUT2D eigenvalue weighted by atomic mass is 19.1. The van der Waals surface area contributed by atoms with E-state index < -0.39 is 17.8 Å². The third-order valence-corrected chi connectivity index (χ3v) is 5.47. The van der Waals surface area contributed by atoms with Gasteiger partial charge in [0, 0.05) is 12.6 Å². The van der Waals surface area contributed by atoms with E-state index in [-0.39, 0.29) is 17.4 Å². The predicted octanol–water partition coefficient (Wildman–Crippen LogP) is 3.35. The summed E-state index contributed by atoms with van der Waals surface area (Å²) in [5.41, 5.74) is -0.0448. The standard InChI is InChI=1S/C22H34FN3O2/c1-16(2)20(25-21(27)18-11-4-5-12-19(18)23)22(28)24-13-7-9-15-26-14-8-6-10-17(26)3/h4-5,11-12,16-17,20H,6-10,13-15H2,1-3H3,(H,24,28)(H,25,27).